The molecule has 0 spiro atoms. The number of aryl methyl sites for hydroxylation is 1. The number of benzene rings is 4. The van der Waals surface area contributed by atoms with Crippen LogP contribution in [0.15, 0.2) is 109 Å². The molecule has 4 aromatic carbocycles. The van der Waals surface area contributed by atoms with Gasteiger partial charge in [-0.15, -0.1) is 0 Å². The fourth-order valence-electron chi connectivity index (χ4n) is 4.75. The molecule has 180 valence electrons. The molecule has 5 rings (SSSR count). The first-order valence-corrected chi connectivity index (χ1v) is 12.6. The van der Waals surface area contributed by atoms with Gasteiger partial charge < -0.3 is 9.88 Å². The lowest BCUT2D eigenvalue weighted by Crippen LogP contribution is -2.26. The van der Waals surface area contributed by atoms with Crippen molar-refractivity contribution in [3.05, 3.63) is 126 Å². The van der Waals surface area contributed by atoms with Gasteiger partial charge in [-0.1, -0.05) is 97.1 Å². The topological polar surface area (TPSA) is 46.9 Å². The molecule has 36 heavy (non-hydrogen) atoms. The van der Waals surface area contributed by atoms with Gasteiger partial charge in [0.25, 0.3) is 0 Å². The van der Waals surface area contributed by atoms with Crippen LogP contribution in [-0.2, 0) is 17.6 Å². The predicted molar refractivity (Wildman–Crippen MR) is 147 cm³/mol. The number of hydrogen-bond donors (Lipinski definition) is 1. The average Bonchev–Trinajstić information content (AvgIpc) is 3.30. The van der Waals surface area contributed by atoms with E-state index in [9.17, 15) is 4.79 Å². The quantitative estimate of drug-likeness (QED) is 0.245. The van der Waals surface area contributed by atoms with Crippen LogP contribution in [0.2, 0.25) is 0 Å². The fourth-order valence-corrected chi connectivity index (χ4v) is 4.75. The Bertz CT molecular complexity index is 1420. The zero-order chi connectivity index (χ0) is 24.7. The molecular weight excluding hydrogens is 442 g/mol. The minimum atomic E-state index is 0.0496. The summed E-state index contributed by atoms with van der Waals surface area (Å²) in [6.07, 6.45) is 2.03. The molecule has 0 bridgehead atoms. The highest BCUT2D eigenvalue weighted by Crippen LogP contribution is 2.26. The number of imidazole rings is 1. The van der Waals surface area contributed by atoms with E-state index in [0.29, 0.717) is 13.0 Å². The van der Waals surface area contributed by atoms with Crippen LogP contribution in [0.1, 0.15) is 36.3 Å². The molecule has 0 aliphatic heterocycles. The van der Waals surface area contributed by atoms with E-state index in [-0.39, 0.29) is 11.9 Å². The highest BCUT2D eigenvalue weighted by atomic mass is 16.1. The minimum Gasteiger partial charge on any atom is -0.356 e. The summed E-state index contributed by atoms with van der Waals surface area (Å²) in [6, 6.07) is 37.5. The number of para-hydroxylation sites is 2. The molecule has 1 amide bonds. The summed E-state index contributed by atoms with van der Waals surface area (Å²) >= 11 is 0. The standard InChI is InChI=1S/C32H31N3O/c1-24(26-11-4-2-5-12-26)35-30-16-9-8-15-29(30)34-31(35)17-10-22-33-32(36)23-25-18-20-28(21-19-25)27-13-6-3-7-14-27/h2-9,11-16,18-21,24H,10,17,22-23H2,1H3,(H,33,36). The van der Waals surface area contributed by atoms with Crippen molar-refractivity contribution in [2.75, 3.05) is 6.54 Å². The molecule has 0 radical (unpaired) electrons. The Morgan fingerprint density at radius 2 is 1.44 bits per heavy atom. The van der Waals surface area contributed by atoms with E-state index in [0.717, 1.165) is 40.8 Å². The summed E-state index contributed by atoms with van der Waals surface area (Å²) in [6.45, 7) is 2.85. The number of aromatic nitrogens is 2. The second kappa shape index (κ2) is 11.0. The number of hydrogen-bond acceptors (Lipinski definition) is 2. The number of nitrogens with one attached hydrogen (secondary N) is 1. The highest BCUT2D eigenvalue weighted by Gasteiger charge is 2.17. The van der Waals surface area contributed by atoms with Gasteiger partial charge in [-0.25, -0.2) is 4.98 Å². The van der Waals surface area contributed by atoms with Crippen LogP contribution in [0.5, 0.6) is 0 Å². The SMILES string of the molecule is CC(c1ccccc1)n1c(CCCNC(=O)Cc2ccc(-c3ccccc3)cc2)nc2ccccc21. The lowest BCUT2D eigenvalue weighted by atomic mass is 10.0. The lowest BCUT2D eigenvalue weighted by Gasteiger charge is -2.18. The van der Waals surface area contributed by atoms with Crippen molar-refractivity contribution in [2.45, 2.75) is 32.2 Å². The summed E-state index contributed by atoms with van der Waals surface area (Å²) in [4.78, 5) is 17.5. The van der Waals surface area contributed by atoms with Crippen molar-refractivity contribution in [1.29, 1.82) is 0 Å². The molecule has 0 fully saturated rings. The number of fused-ring (bicyclic) bond motifs is 1. The first-order chi connectivity index (χ1) is 17.7. The second-order valence-electron chi connectivity index (χ2n) is 9.17. The van der Waals surface area contributed by atoms with Gasteiger partial charge in [0.1, 0.15) is 5.82 Å². The molecule has 0 saturated carbocycles. The first kappa shape index (κ1) is 23.6. The first-order valence-electron chi connectivity index (χ1n) is 12.6. The van der Waals surface area contributed by atoms with Crippen molar-refractivity contribution in [3.8, 4) is 11.1 Å². The molecule has 0 saturated heterocycles. The maximum atomic E-state index is 12.5. The van der Waals surface area contributed by atoms with Crippen molar-refractivity contribution in [3.63, 3.8) is 0 Å². The monoisotopic (exact) mass is 473 g/mol. The van der Waals surface area contributed by atoms with E-state index in [2.05, 4.69) is 83.5 Å². The number of rotatable bonds is 9. The number of carbonyl (C=O) groups excluding carboxylic acids is 1. The molecule has 0 aliphatic rings. The molecule has 4 heteroatoms. The van der Waals surface area contributed by atoms with E-state index in [1.165, 1.54) is 11.1 Å². The average molecular weight is 474 g/mol. The minimum absolute atomic E-state index is 0.0496. The predicted octanol–water partition coefficient (Wildman–Crippen LogP) is 6.60. The Labute approximate surface area is 212 Å². The number of carbonyl (C=O) groups is 1. The summed E-state index contributed by atoms with van der Waals surface area (Å²) in [5.41, 5.74) is 6.78. The van der Waals surface area contributed by atoms with Gasteiger partial charge in [-0.2, -0.15) is 0 Å². The van der Waals surface area contributed by atoms with Crippen molar-refractivity contribution >= 4 is 16.9 Å². The van der Waals surface area contributed by atoms with Gasteiger partial charge in [0.05, 0.1) is 23.5 Å². The van der Waals surface area contributed by atoms with E-state index >= 15 is 0 Å². The van der Waals surface area contributed by atoms with Crippen molar-refractivity contribution in [2.24, 2.45) is 0 Å². The zero-order valence-electron chi connectivity index (χ0n) is 20.6. The van der Waals surface area contributed by atoms with E-state index < -0.39 is 0 Å². The van der Waals surface area contributed by atoms with Crippen LogP contribution in [0.3, 0.4) is 0 Å². The van der Waals surface area contributed by atoms with Crippen LogP contribution in [0.4, 0.5) is 0 Å². The van der Waals surface area contributed by atoms with Crippen LogP contribution in [-0.4, -0.2) is 22.0 Å². The summed E-state index contributed by atoms with van der Waals surface area (Å²) in [5, 5.41) is 3.09. The molecular formula is C32H31N3O. The molecule has 1 atom stereocenters. The van der Waals surface area contributed by atoms with E-state index in [1.807, 2.05) is 42.5 Å². The van der Waals surface area contributed by atoms with Gasteiger partial charge in [0, 0.05) is 13.0 Å². The third kappa shape index (κ3) is 5.38. The Balaban J connectivity index is 1.18. The highest BCUT2D eigenvalue weighted by molar-refractivity contribution is 5.79. The molecule has 1 aromatic heterocycles. The lowest BCUT2D eigenvalue weighted by molar-refractivity contribution is -0.120. The van der Waals surface area contributed by atoms with Crippen molar-refractivity contribution in [1.82, 2.24) is 14.9 Å². The van der Waals surface area contributed by atoms with Crippen LogP contribution in [0.25, 0.3) is 22.2 Å². The number of nitrogens with zero attached hydrogens (tertiary/aromatic N) is 2. The normalized spacial score (nSPS) is 11.9. The summed E-state index contributed by atoms with van der Waals surface area (Å²) in [7, 11) is 0. The van der Waals surface area contributed by atoms with E-state index in [1.54, 1.807) is 0 Å². The van der Waals surface area contributed by atoms with Gasteiger partial charge in [0.15, 0.2) is 0 Å². The maximum Gasteiger partial charge on any atom is 0.224 e. The molecule has 1 heterocycles. The Hall–Kier alpha value is -4.18. The molecule has 5 aromatic rings. The zero-order valence-corrected chi connectivity index (χ0v) is 20.6. The van der Waals surface area contributed by atoms with Crippen molar-refractivity contribution < 1.29 is 4.79 Å². The largest absolute Gasteiger partial charge is 0.356 e. The Morgan fingerprint density at radius 3 is 2.19 bits per heavy atom. The third-order valence-corrected chi connectivity index (χ3v) is 6.66. The summed E-state index contributed by atoms with van der Waals surface area (Å²) < 4.78 is 2.33. The van der Waals surface area contributed by atoms with E-state index in [4.69, 9.17) is 4.98 Å². The second-order valence-corrected chi connectivity index (χ2v) is 9.17. The third-order valence-electron chi connectivity index (χ3n) is 6.66. The van der Waals surface area contributed by atoms with Crippen LogP contribution in [0, 0.1) is 0 Å². The molecule has 0 aliphatic carbocycles. The summed E-state index contributed by atoms with van der Waals surface area (Å²) in [5.74, 6) is 1.10. The van der Waals surface area contributed by atoms with Gasteiger partial charge in [-0.3, -0.25) is 4.79 Å². The maximum absolute atomic E-state index is 12.5. The van der Waals surface area contributed by atoms with Gasteiger partial charge in [0.2, 0.25) is 5.91 Å². The van der Waals surface area contributed by atoms with Crippen LogP contribution >= 0.6 is 0 Å². The fraction of sp³-hybridized carbons (Fsp3) is 0.188. The number of amides is 1. The molecule has 1 unspecified atom stereocenters. The van der Waals surface area contributed by atoms with Crippen LogP contribution < -0.4 is 5.32 Å². The van der Waals surface area contributed by atoms with Gasteiger partial charge >= 0.3 is 0 Å². The Kier molecular flexibility index (Phi) is 7.23. The smallest absolute Gasteiger partial charge is 0.224 e. The molecule has 1 N–H and O–H groups in total. The van der Waals surface area contributed by atoms with Gasteiger partial charge in [-0.05, 0) is 47.7 Å². The Morgan fingerprint density at radius 1 is 0.806 bits per heavy atom. The molecule has 4 nitrogen and oxygen atoms in total.